The Labute approximate surface area is 146 Å². The summed E-state index contributed by atoms with van der Waals surface area (Å²) in [4.78, 5) is 39.4. The van der Waals surface area contributed by atoms with Crippen LogP contribution in [0.1, 0.15) is 19.8 Å². The van der Waals surface area contributed by atoms with Crippen LogP contribution in [-0.2, 0) is 20.9 Å². The van der Waals surface area contributed by atoms with Gasteiger partial charge < -0.3 is 19.9 Å². The van der Waals surface area contributed by atoms with Crippen LogP contribution in [0.25, 0.3) is 0 Å². The van der Waals surface area contributed by atoms with E-state index in [-0.39, 0.29) is 11.8 Å². The van der Waals surface area contributed by atoms with Gasteiger partial charge in [-0.2, -0.15) is 5.10 Å². The van der Waals surface area contributed by atoms with Crippen molar-refractivity contribution in [2.24, 2.45) is 0 Å². The van der Waals surface area contributed by atoms with Crippen LogP contribution in [0.3, 0.4) is 0 Å². The fourth-order valence-corrected chi connectivity index (χ4v) is 2.76. The van der Waals surface area contributed by atoms with E-state index in [2.05, 4.69) is 15.2 Å². The molecule has 1 aromatic heterocycles. The largest absolute Gasteiger partial charge is 0.453 e. The van der Waals surface area contributed by atoms with E-state index in [0.29, 0.717) is 45.6 Å². The smallest absolute Gasteiger partial charge is 0.407 e. The molecule has 1 atom stereocenters. The maximum Gasteiger partial charge on any atom is 0.407 e. The lowest BCUT2D eigenvalue weighted by Crippen LogP contribution is -2.48. The Kier molecular flexibility index (Phi) is 6.79. The number of nitrogens with one attached hydrogen (secondary N) is 1. The molecular weight excluding hydrogens is 326 g/mol. The Morgan fingerprint density at radius 3 is 2.60 bits per heavy atom. The molecule has 1 fully saturated rings. The number of aromatic nitrogens is 2. The van der Waals surface area contributed by atoms with Crippen LogP contribution in [0.4, 0.5) is 4.79 Å². The van der Waals surface area contributed by atoms with Crippen molar-refractivity contribution in [3.63, 3.8) is 0 Å². The van der Waals surface area contributed by atoms with Crippen molar-refractivity contribution in [1.29, 1.82) is 0 Å². The SMILES string of the molecule is COC(=O)NC(C)C(=O)N1CCCN(C(=O)CCn2cccn2)CC1. The Morgan fingerprint density at radius 1 is 1.20 bits per heavy atom. The van der Waals surface area contributed by atoms with Gasteiger partial charge in [0.1, 0.15) is 6.04 Å². The zero-order valence-corrected chi connectivity index (χ0v) is 14.7. The summed E-state index contributed by atoms with van der Waals surface area (Å²) >= 11 is 0. The van der Waals surface area contributed by atoms with Gasteiger partial charge in [-0.25, -0.2) is 4.79 Å². The summed E-state index contributed by atoms with van der Waals surface area (Å²) in [6.45, 7) is 4.31. The number of methoxy groups -OCH3 is 1. The van der Waals surface area contributed by atoms with E-state index in [1.54, 1.807) is 27.6 Å². The first-order valence-corrected chi connectivity index (χ1v) is 8.39. The second kappa shape index (κ2) is 9.05. The Morgan fingerprint density at radius 2 is 1.92 bits per heavy atom. The molecular formula is C16H25N5O4. The Hall–Kier alpha value is -2.58. The molecule has 0 saturated carbocycles. The van der Waals surface area contributed by atoms with Gasteiger partial charge in [-0.1, -0.05) is 0 Å². The molecule has 1 unspecified atom stereocenters. The third-order valence-electron chi connectivity index (χ3n) is 4.16. The number of nitrogens with zero attached hydrogens (tertiary/aromatic N) is 4. The van der Waals surface area contributed by atoms with Gasteiger partial charge in [0.05, 0.1) is 7.11 Å². The van der Waals surface area contributed by atoms with Gasteiger partial charge in [0.25, 0.3) is 0 Å². The number of hydrogen-bond acceptors (Lipinski definition) is 5. The van der Waals surface area contributed by atoms with E-state index in [1.165, 1.54) is 7.11 Å². The standard InChI is InChI=1S/C16H25N5O4/c1-13(18-16(24)25-2)15(23)20-8-4-7-19(11-12-20)14(22)5-10-21-9-3-6-17-21/h3,6,9,13H,4-5,7-8,10-12H2,1-2H3,(H,18,24). The van der Waals surface area contributed by atoms with Crippen LogP contribution in [0.15, 0.2) is 18.5 Å². The second-order valence-electron chi connectivity index (χ2n) is 5.94. The van der Waals surface area contributed by atoms with Crippen LogP contribution >= 0.6 is 0 Å². The second-order valence-corrected chi connectivity index (χ2v) is 5.94. The monoisotopic (exact) mass is 351 g/mol. The normalized spacial score (nSPS) is 16.1. The number of ether oxygens (including phenoxy) is 1. The number of carbonyl (C=O) groups is 3. The molecule has 1 aromatic rings. The average Bonchev–Trinajstić information content (AvgIpc) is 3.01. The van der Waals surface area contributed by atoms with Gasteiger partial charge >= 0.3 is 6.09 Å². The lowest BCUT2D eigenvalue weighted by atomic mass is 10.2. The fourth-order valence-electron chi connectivity index (χ4n) is 2.76. The van der Waals surface area contributed by atoms with Crippen LogP contribution in [0.5, 0.6) is 0 Å². The lowest BCUT2D eigenvalue weighted by molar-refractivity contribution is -0.134. The molecule has 9 heteroatoms. The first kappa shape index (κ1) is 18.8. The first-order chi connectivity index (χ1) is 12.0. The zero-order valence-electron chi connectivity index (χ0n) is 14.7. The molecule has 1 aliphatic rings. The lowest BCUT2D eigenvalue weighted by Gasteiger charge is -2.25. The topological polar surface area (TPSA) is 96.8 Å². The van der Waals surface area contributed by atoms with Gasteiger partial charge in [0, 0.05) is 51.5 Å². The highest BCUT2D eigenvalue weighted by atomic mass is 16.5. The third kappa shape index (κ3) is 5.47. The highest BCUT2D eigenvalue weighted by Crippen LogP contribution is 2.07. The van der Waals surface area contributed by atoms with Gasteiger partial charge in [0.2, 0.25) is 11.8 Å². The molecule has 0 spiro atoms. The molecule has 138 valence electrons. The van der Waals surface area contributed by atoms with E-state index in [9.17, 15) is 14.4 Å². The van der Waals surface area contributed by atoms with Crippen molar-refractivity contribution in [3.05, 3.63) is 18.5 Å². The fraction of sp³-hybridized carbons (Fsp3) is 0.625. The molecule has 0 aliphatic carbocycles. The molecule has 1 saturated heterocycles. The number of alkyl carbamates (subject to hydrolysis) is 1. The Bertz CT molecular complexity index is 589. The minimum Gasteiger partial charge on any atom is -0.453 e. The van der Waals surface area contributed by atoms with Gasteiger partial charge in [-0.15, -0.1) is 0 Å². The van der Waals surface area contributed by atoms with Crippen LogP contribution in [0, 0.1) is 0 Å². The third-order valence-corrected chi connectivity index (χ3v) is 4.16. The number of rotatable bonds is 5. The van der Waals surface area contributed by atoms with Gasteiger partial charge in [-0.3, -0.25) is 14.3 Å². The molecule has 25 heavy (non-hydrogen) atoms. The maximum absolute atomic E-state index is 12.4. The minimum atomic E-state index is -0.658. The average molecular weight is 351 g/mol. The predicted molar refractivity (Wildman–Crippen MR) is 89.6 cm³/mol. The van der Waals surface area contributed by atoms with E-state index in [0.717, 1.165) is 0 Å². The number of hydrogen-bond donors (Lipinski definition) is 1. The molecule has 0 bridgehead atoms. The summed E-state index contributed by atoms with van der Waals surface area (Å²) in [5.74, 6) is -0.109. The summed E-state index contributed by atoms with van der Waals surface area (Å²) in [5.41, 5.74) is 0. The van der Waals surface area contributed by atoms with Crippen molar-refractivity contribution >= 4 is 17.9 Å². The number of amides is 3. The van der Waals surface area contributed by atoms with E-state index < -0.39 is 12.1 Å². The summed E-state index contributed by atoms with van der Waals surface area (Å²) in [6, 6.07) is 1.16. The quantitative estimate of drug-likeness (QED) is 0.810. The van der Waals surface area contributed by atoms with Crippen molar-refractivity contribution in [1.82, 2.24) is 24.9 Å². The van der Waals surface area contributed by atoms with Crippen molar-refractivity contribution < 1.29 is 19.1 Å². The molecule has 2 rings (SSSR count). The summed E-state index contributed by atoms with van der Waals surface area (Å²) in [5, 5.41) is 6.56. The minimum absolute atomic E-state index is 0.0607. The zero-order chi connectivity index (χ0) is 18.2. The first-order valence-electron chi connectivity index (χ1n) is 8.39. The molecule has 2 heterocycles. The van der Waals surface area contributed by atoms with E-state index in [4.69, 9.17) is 0 Å². The summed E-state index contributed by atoms with van der Waals surface area (Å²) in [6.07, 6.45) is 3.97. The van der Waals surface area contributed by atoms with Crippen LogP contribution in [0.2, 0.25) is 0 Å². The maximum atomic E-state index is 12.4. The molecule has 0 aromatic carbocycles. The Balaban J connectivity index is 1.81. The predicted octanol–water partition coefficient (Wildman–Crippen LogP) is 0.0786. The highest BCUT2D eigenvalue weighted by Gasteiger charge is 2.26. The van der Waals surface area contributed by atoms with Crippen molar-refractivity contribution in [2.45, 2.75) is 32.4 Å². The number of aryl methyl sites for hydroxylation is 1. The molecule has 9 nitrogen and oxygen atoms in total. The van der Waals surface area contributed by atoms with Gasteiger partial charge in [-0.05, 0) is 19.4 Å². The number of carbonyl (C=O) groups excluding carboxylic acids is 3. The van der Waals surface area contributed by atoms with Crippen molar-refractivity contribution in [2.75, 3.05) is 33.3 Å². The molecule has 3 amide bonds. The van der Waals surface area contributed by atoms with Crippen molar-refractivity contribution in [3.8, 4) is 0 Å². The van der Waals surface area contributed by atoms with E-state index >= 15 is 0 Å². The summed E-state index contributed by atoms with van der Waals surface area (Å²) in [7, 11) is 1.26. The molecule has 1 N–H and O–H groups in total. The molecule has 1 aliphatic heterocycles. The van der Waals surface area contributed by atoms with Crippen LogP contribution < -0.4 is 5.32 Å². The highest BCUT2D eigenvalue weighted by molar-refractivity contribution is 5.85. The van der Waals surface area contributed by atoms with Gasteiger partial charge in [0.15, 0.2) is 0 Å². The summed E-state index contributed by atoms with van der Waals surface area (Å²) < 4.78 is 6.24. The van der Waals surface area contributed by atoms with E-state index in [1.807, 2.05) is 12.3 Å². The molecule has 0 radical (unpaired) electrons. The van der Waals surface area contributed by atoms with Crippen LogP contribution in [-0.4, -0.2) is 76.8 Å².